The van der Waals surface area contributed by atoms with Gasteiger partial charge in [0, 0.05) is 40.8 Å². The fourth-order valence-corrected chi connectivity index (χ4v) is 7.19. The van der Waals surface area contributed by atoms with E-state index in [2.05, 4.69) is 137 Å². The second-order valence-electron chi connectivity index (χ2n) is 12.6. The first-order valence-electron chi connectivity index (χ1n) is 16.5. The lowest BCUT2D eigenvalue weighted by atomic mass is 9.97. The number of pyridine rings is 1. The average Bonchev–Trinajstić information content (AvgIpc) is 3.67. The van der Waals surface area contributed by atoms with Crippen molar-refractivity contribution in [2.24, 2.45) is 7.05 Å². The van der Waals surface area contributed by atoms with Gasteiger partial charge in [-0.3, -0.25) is 4.98 Å². The summed E-state index contributed by atoms with van der Waals surface area (Å²) in [7, 11) is 2.01. The molecule has 0 spiro atoms. The highest BCUT2D eigenvalue weighted by molar-refractivity contribution is 6.09. The monoisotopic (exact) mass is 632 g/mol. The van der Waals surface area contributed by atoms with Crippen molar-refractivity contribution in [1.29, 1.82) is 0 Å². The SMILES string of the molecule is Cc1cnc(-c2cccc(-c3cccc4c3nc(-c3cc(-n5c6ccccc6c6ccccc65)ccc3O)n4C)c2)cc1-c1ccccc1. The summed E-state index contributed by atoms with van der Waals surface area (Å²) < 4.78 is 4.33. The third-order valence-corrected chi connectivity index (χ3v) is 9.63. The maximum absolute atomic E-state index is 11.3. The summed E-state index contributed by atoms with van der Waals surface area (Å²) in [6.07, 6.45) is 1.95. The molecule has 6 aromatic carbocycles. The van der Waals surface area contributed by atoms with Crippen LogP contribution in [-0.2, 0) is 7.05 Å². The number of aromatic nitrogens is 4. The molecule has 9 aromatic rings. The molecule has 0 radical (unpaired) electrons. The summed E-state index contributed by atoms with van der Waals surface area (Å²) in [4.78, 5) is 10.0. The number of phenols is 1. The Morgan fingerprint density at radius 3 is 1.98 bits per heavy atom. The van der Waals surface area contributed by atoms with E-state index in [9.17, 15) is 5.11 Å². The van der Waals surface area contributed by atoms with Crippen LogP contribution in [0.5, 0.6) is 5.75 Å². The molecular weight excluding hydrogens is 601 g/mol. The number of nitrogens with zero attached hydrogens (tertiary/aromatic N) is 4. The van der Waals surface area contributed by atoms with Gasteiger partial charge in [0.2, 0.25) is 0 Å². The van der Waals surface area contributed by atoms with Gasteiger partial charge in [0.25, 0.3) is 0 Å². The van der Waals surface area contributed by atoms with Crippen LogP contribution in [0.1, 0.15) is 5.56 Å². The first kappa shape index (κ1) is 28.7. The Labute approximate surface area is 284 Å². The minimum absolute atomic E-state index is 0.186. The molecule has 3 aromatic heterocycles. The van der Waals surface area contributed by atoms with Crippen LogP contribution in [0.2, 0.25) is 0 Å². The van der Waals surface area contributed by atoms with Crippen molar-refractivity contribution in [2.75, 3.05) is 0 Å². The average molecular weight is 633 g/mol. The second kappa shape index (κ2) is 11.4. The molecule has 0 unspecified atom stereocenters. The third-order valence-electron chi connectivity index (χ3n) is 9.63. The highest BCUT2D eigenvalue weighted by atomic mass is 16.3. The summed E-state index contributed by atoms with van der Waals surface area (Å²) in [5.41, 5.74) is 13.3. The van der Waals surface area contributed by atoms with E-state index in [1.165, 1.54) is 21.9 Å². The van der Waals surface area contributed by atoms with Gasteiger partial charge in [-0.1, -0.05) is 97.1 Å². The molecular formula is C44H32N4O. The molecule has 0 amide bonds. The molecule has 234 valence electrons. The summed E-state index contributed by atoms with van der Waals surface area (Å²) in [5.74, 6) is 0.887. The second-order valence-corrected chi connectivity index (χ2v) is 12.6. The molecule has 0 bridgehead atoms. The van der Waals surface area contributed by atoms with Crippen LogP contribution in [-0.4, -0.2) is 24.2 Å². The molecule has 1 N–H and O–H groups in total. The zero-order valence-corrected chi connectivity index (χ0v) is 27.2. The van der Waals surface area contributed by atoms with E-state index in [1.54, 1.807) is 6.07 Å². The number of benzene rings is 6. The molecule has 49 heavy (non-hydrogen) atoms. The van der Waals surface area contributed by atoms with Gasteiger partial charge < -0.3 is 14.2 Å². The van der Waals surface area contributed by atoms with E-state index in [0.717, 1.165) is 55.7 Å². The number of rotatable bonds is 5. The van der Waals surface area contributed by atoms with Crippen molar-refractivity contribution in [2.45, 2.75) is 6.92 Å². The van der Waals surface area contributed by atoms with Crippen molar-refractivity contribution in [3.8, 4) is 56.3 Å². The van der Waals surface area contributed by atoms with Crippen molar-refractivity contribution in [1.82, 2.24) is 19.1 Å². The Morgan fingerprint density at radius 1 is 0.551 bits per heavy atom. The Bertz CT molecular complexity index is 2650. The zero-order chi connectivity index (χ0) is 33.1. The van der Waals surface area contributed by atoms with Crippen LogP contribution >= 0.6 is 0 Å². The molecule has 0 aliphatic carbocycles. The number of fused-ring (bicyclic) bond motifs is 4. The van der Waals surface area contributed by atoms with Crippen LogP contribution in [0.25, 0.3) is 83.4 Å². The molecule has 0 saturated heterocycles. The number of imidazole rings is 1. The minimum atomic E-state index is 0.186. The molecule has 0 saturated carbocycles. The highest BCUT2D eigenvalue weighted by Gasteiger charge is 2.19. The van der Waals surface area contributed by atoms with E-state index < -0.39 is 0 Å². The predicted molar refractivity (Wildman–Crippen MR) is 201 cm³/mol. The third kappa shape index (κ3) is 4.70. The van der Waals surface area contributed by atoms with Gasteiger partial charge in [-0.15, -0.1) is 0 Å². The smallest absolute Gasteiger partial charge is 0.144 e. The lowest BCUT2D eigenvalue weighted by molar-refractivity contribution is 0.476. The Balaban J connectivity index is 1.16. The van der Waals surface area contributed by atoms with Gasteiger partial charge in [0.1, 0.15) is 11.6 Å². The lowest BCUT2D eigenvalue weighted by Crippen LogP contribution is -1.97. The lowest BCUT2D eigenvalue weighted by Gasteiger charge is -2.11. The predicted octanol–water partition coefficient (Wildman–Crippen LogP) is 10.7. The van der Waals surface area contributed by atoms with Gasteiger partial charge in [0.15, 0.2) is 0 Å². The molecule has 0 aliphatic heterocycles. The van der Waals surface area contributed by atoms with Crippen molar-refractivity contribution in [3.63, 3.8) is 0 Å². The Kier molecular flexibility index (Phi) is 6.66. The zero-order valence-electron chi connectivity index (χ0n) is 27.2. The minimum Gasteiger partial charge on any atom is -0.507 e. The maximum atomic E-state index is 11.3. The number of para-hydroxylation sites is 3. The van der Waals surface area contributed by atoms with Crippen LogP contribution < -0.4 is 0 Å². The van der Waals surface area contributed by atoms with E-state index >= 15 is 0 Å². The van der Waals surface area contributed by atoms with Crippen molar-refractivity contribution in [3.05, 3.63) is 157 Å². The van der Waals surface area contributed by atoms with Gasteiger partial charge in [-0.2, -0.15) is 0 Å². The van der Waals surface area contributed by atoms with Crippen LogP contribution in [0, 0.1) is 6.92 Å². The molecule has 0 atom stereocenters. The quantitative estimate of drug-likeness (QED) is 0.205. The Morgan fingerprint density at radius 2 is 1.20 bits per heavy atom. The van der Waals surface area contributed by atoms with E-state index in [0.29, 0.717) is 11.4 Å². The molecule has 3 heterocycles. The summed E-state index contributed by atoms with van der Waals surface area (Å²) >= 11 is 0. The molecule has 0 fully saturated rings. The van der Waals surface area contributed by atoms with Crippen molar-refractivity contribution >= 4 is 32.8 Å². The number of hydrogen-bond acceptors (Lipinski definition) is 3. The maximum Gasteiger partial charge on any atom is 0.144 e. The van der Waals surface area contributed by atoms with Gasteiger partial charge >= 0.3 is 0 Å². The van der Waals surface area contributed by atoms with Gasteiger partial charge in [-0.25, -0.2) is 4.98 Å². The number of aromatic hydroxyl groups is 1. The summed E-state index contributed by atoms with van der Waals surface area (Å²) in [5, 5.41) is 13.7. The summed E-state index contributed by atoms with van der Waals surface area (Å²) in [6.45, 7) is 2.10. The largest absolute Gasteiger partial charge is 0.507 e. The number of hydrogen-bond donors (Lipinski definition) is 1. The van der Waals surface area contributed by atoms with Gasteiger partial charge in [-0.05, 0) is 77.7 Å². The number of phenolic OH excluding ortho intramolecular Hbond substituents is 1. The highest BCUT2D eigenvalue weighted by Crippen LogP contribution is 2.39. The normalized spacial score (nSPS) is 11.6. The molecule has 9 rings (SSSR count). The van der Waals surface area contributed by atoms with E-state index in [4.69, 9.17) is 9.97 Å². The van der Waals surface area contributed by atoms with Crippen LogP contribution in [0.15, 0.2) is 152 Å². The first-order valence-corrected chi connectivity index (χ1v) is 16.5. The fraction of sp³-hybridized carbons (Fsp3) is 0.0455. The molecule has 0 aliphatic rings. The fourth-order valence-electron chi connectivity index (χ4n) is 7.19. The Hall–Kier alpha value is -6.46. The van der Waals surface area contributed by atoms with E-state index in [1.807, 2.05) is 31.4 Å². The molecule has 5 nitrogen and oxygen atoms in total. The summed E-state index contributed by atoms with van der Waals surface area (Å²) in [6, 6.07) is 50.1. The number of aryl methyl sites for hydroxylation is 2. The van der Waals surface area contributed by atoms with Gasteiger partial charge in [0.05, 0.1) is 33.3 Å². The standard InChI is InChI=1S/C44H32N4O/c1-28-27-45-38(26-36(28)29-12-4-3-5-13-29)31-15-10-14-30(24-31)33-18-11-21-41-43(33)46-44(47(41)2)37-25-32(22-23-42(37)49)48-39-19-8-6-16-34(39)35-17-7-9-20-40(35)48/h3-27,49H,1-2H3. The van der Waals surface area contributed by atoms with Crippen LogP contribution in [0.4, 0.5) is 0 Å². The van der Waals surface area contributed by atoms with Crippen molar-refractivity contribution < 1.29 is 5.11 Å². The topological polar surface area (TPSA) is 55.9 Å². The van der Waals surface area contributed by atoms with E-state index in [-0.39, 0.29) is 5.75 Å². The molecule has 5 heteroatoms. The first-order chi connectivity index (χ1) is 24.0. The van der Waals surface area contributed by atoms with Crippen LogP contribution in [0.3, 0.4) is 0 Å².